The van der Waals surface area contributed by atoms with Crippen molar-refractivity contribution in [3.05, 3.63) is 47.3 Å². The molecule has 0 aliphatic heterocycles. The predicted octanol–water partition coefficient (Wildman–Crippen LogP) is 2.76. The van der Waals surface area contributed by atoms with E-state index in [1.54, 1.807) is 6.07 Å². The molecule has 1 unspecified atom stereocenters. The number of rotatable bonds is 6. The summed E-state index contributed by atoms with van der Waals surface area (Å²) in [5.74, 6) is -0.302. The highest BCUT2D eigenvalue weighted by atomic mass is 19.1. The van der Waals surface area contributed by atoms with Crippen LogP contribution in [0.15, 0.2) is 24.5 Å². The fourth-order valence-corrected chi connectivity index (χ4v) is 2.31. The molecule has 2 rings (SSSR count). The van der Waals surface area contributed by atoms with Crippen molar-refractivity contribution in [2.24, 2.45) is 7.05 Å². The van der Waals surface area contributed by atoms with Gasteiger partial charge in [0.25, 0.3) is 0 Å². The zero-order valence-electron chi connectivity index (χ0n) is 12.2. The van der Waals surface area contributed by atoms with Crippen molar-refractivity contribution >= 4 is 0 Å². The van der Waals surface area contributed by atoms with Gasteiger partial charge in [-0.1, -0.05) is 13.8 Å². The molecule has 5 heteroatoms. The summed E-state index contributed by atoms with van der Waals surface area (Å²) in [6, 6.07) is 3.31. The lowest BCUT2D eigenvalue weighted by atomic mass is 10.1. The number of hydrogen-bond donors (Lipinski definition) is 1. The van der Waals surface area contributed by atoms with E-state index in [1.807, 2.05) is 17.9 Å². The monoisotopic (exact) mass is 276 g/mol. The Morgan fingerprint density at radius 3 is 2.75 bits per heavy atom. The molecule has 4 nitrogen and oxygen atoms in total. The Labute approximate surface area is 119 Å². The van der Waals surface area contributed by atoms with Crippen LogP contribution in [-0.4, -0.2) is 14.8 Å². The van der Waals surface area contributed by atoms with E-state index in [9.17, 15) is 4.39 Å². The van der Waals surface area contributed by atoms with Gasteiger partial charge in [-0.05, 0) is 25.0 Å². The van der Waals surface area contributed by atoms with Crippen molar-refractivity contribution in [1.82, 2.24) is 20.1 Å². The maximum Gasteiger partial charge on any atom is 0.141 e. The molecule has 108 valence electrons. The number of hydrogen-bond acceptors (Lipinski definition) is 3. The number of aryl methyl sites for hydroxylation is 2. The number of pyridine rings is 1. The van der Waals surface area contributed by atoms with Gasteiger partial charge in [0.15, 0.2) is 0 Å². The summed E-state index contributed by atoms with van der Waals surface area (Å²) in [6.07, 6.45) is 5.13. The molecule has 0 aromatic carbocycles. The highest BCUT2D eigenvalue weighted by molar-refractivity contribution is 5.17. The van der Waals surface area contributed by atoms with Crippen LogP contribution in [0.1, 0.15) is 43.3 Å². The maximum absolute atomic E-state index is 12.9. The third-order valence-corrected chi connectivity index (χ3v) is 3.38. The standard InChI is InChI=1S/C15H21FN4/c1-4-13-11(10-20(3)19-13)8-17-14(5-2)15-7-6-12(16)9-18-15/h6-7,9-10,14,17H,4-5,8H2,1-3H3. The summed E-state index contributed by atoms with van der Waals surface area (Å²) in [5, 5.41) is 7.90. The molecule has 2 aromatic heterocycles. The van der Waals surface area contributed by atoms with Crippen LogP contribution in [0.5, 0.6) is 0 Å². The van der Waals surface area contributed by atoms with Crippen molar-refractivity contribution in [2.75, 3.05) is 0 Å². The second-order valence-electron chi connectivity index (χ2n) is 4.87. The highest BCUT2D eigenvalue weighted by Crippen LogP contribution is 2.16. The molecule has 0 spiro atoms. The van der Waals surface area contributed by atoms with Gasteiger partial charge in [0, 0.05) is 31.4 Å². The van der Waals surface area contributed by atoms with Gasteiger partial charge < -0.3 is 5.32 Å². The van der Waals surface area contributed by atoms with E-state index in [0.29, 0.717) is 0 Å². The zero-order chi connectivity index (χ0) is 14.5. The Morgan fingerprint density at radius 2 is 2.15 bits per heavy atom. The zero-order valence-corrected chi connectivity index (χ0v) is 12.2. The molecule has 0 saturated carbocycles. The predicted molar refractivity (Wildman–Crippen MR) is 76.7 cm³/mol. The molecule has 1 atom stereocenters. The lowest BCUT2D eigenvalue weighted by molar-refractivity contribution is 0.503. The largest absolute Gasteiger partial charge is 0.304 e. The van der Waals surface area contributed by atoms with Gasteiger partial charge in [-0.2, -0.15) is 5.10 Å². The fraction of sp³-hybridized carbons (Fsp3) is 0.467. The average molecular weight is 276 g/mol. The van der Waals surface area contributed by atoms with Crippen LogP contribution in [0, 0.1) is 5.82 Å². The molecule has 1 N–H and O–H groups in total. The first-order valence-corrected chi connectivity index (χ1v) is 7.00. The lowest BCUT2D eigenvalue weighted by Crippen LogP contribution is -2.21. The van der Waals surface area contributed by atoms with E-state index >= 15 is 0 Å². The van der Waals surface area contributed by atoms with Gasteiger partial charge in [0.1, 0.15) is 5.82 Å². The van der Waals surface area contributed by atoms with Gasteiger partial charge in [-0.25, -0.2) is 4.39 Å². The van der Waals surface area contributed by atoms with E-state index < -0.39 is 0 Å². The molecule has 2 aromatic rings. The Bertz CT molecular complexity index is 548. The summed E-state index contributed by atoms with van der Waals surface area (Å²) < 4.78 is 14.8. The minimum Gasteiger partial charge on any atom is -0.304 e. The number of nitrogens with one attached hydrogen (secondary N) is 1. The van der Waals surface area contributed by atoms with Crippen LogP contribution in [0.25, 0.3) is 0 Å². The van der Waals surface area contributed by atoms with Crippen molar-refractivity contribution in [1.29, 1.82) is 0 Å². The third kappa shape index (κ3) is 3.42. The van der Waals surface area contributed by atoms with E-state index in [2.05, 4.69) is 29.2 Å². The molecule has 0 fully saturated rings. The van der Waals surface area contributed by atoms with Crippen molar-refractivity contribution in [3.8, 4) is 0 Å². The smallest absolute Gasteiger partial charge is 0.141 e. The number of aromatic nitrogens is 3. The molecule has 0 radical (unpaired) electrons. The summed E-state index contributed by atoms with van der Waals surface area (Å²) in [6.45, 7) is 4.94. The van der Waals surface area contributed by atoms with Crippen LogP contribution < -0.4 is 5.32 Å². The Balaban J connectivity index is 2.05. The van der Waals surface area contributed by atoms with Crippen LogP contribution in [0.4, 0.5) is 4.39 Å². The van der Waals surface area contributed by atoms with Gasteiger partial charge in [0.05, 0.1) is 17.6 Å². The molecule has 0 saturated heterocycles. The molecule has 20 heavy (non-hydrogen) atoms. The topological polar surface area (TPSA) is 42.7 Å². The van der Waals surface area contributed by atoms with Crippen LogP contribution in [-0.2, 0) is 20.0 Å². The Kier molecular flexibility index (Phi) is 4.84. The second kappa shape index (κ2) is 6.61. The first-order valence-electron chi connectivity index (χ1n) is 7.00. The van der Waals surface area contributed by atoms with E-state index in [1.165, 1.54) is 17.8 Å². The summed E-state index contributed by atoms with van der Waals surface area (Å²) >= 11 is 0. The van der Waals surface area contributed by atoms with Gasteiger partial charge >= 0.3 is 0 Å². The SMILES string of the molecule is CCc1nn(C)cc1CNC(CC)c1ccc(F)cn1. The highest BCUT2D eigenvalue weighted by Gasteiger charge is 2.12. The minimum absolute atomic E-state index is 0.125. The molecule has 0 aliphatic carbocycles. The minimum atomic E-state index is -0.302. The first kappa shape index (κ1) is 14.7. The number of nitrogens with zero attached hydrogens (tertiary/aromatic N) is 3. The van der Waals surface area contributed by atoms with Gasteiger partial charge in [-0.3, -0.25) is 9.67 Å². The fourth-order valence-electron chi connectivity index (χ4n) is 2.31. The summed E-state index contributed by atoms with van der Waals surface area (Å²) in [7, 11) is 1.93. The first-order chi connectivity index (χ1) is 9.63. The molecular formula is C15H21FN4. The lowest BCUT2D eigenvalue weighted by Gasteiger charge is -2.16. The Morgan fingerprint density at radius 1 is 1.35 bits per heavy atom. The maximum atomic E-state index is 12.9. The third-order valence-electron chi connectivity index (χ3n) is 3.38. The molecular weight excluding hydrogens is 255 g/mol. The van der Waals surface area contributed by atoms with Crippen LogP contribution >= 0.6 is 0 Å². The van der Waals surface area contributed by atoms with Crippen molar-refractivity contribution in [3.63, 3.8) is 0 Å². The van der Waals surface area contributed by atoms with Gasteiger partial charge in [-0.15, -0.1) is 0 Å². The summed E-state index contributed by atoms with van der Waals surface area (Å²) in [4.78, 5) is 4.15. The quantitative estimate of drug-likeness (QED) is 0.882. The normalized spacial score (nSPS) is 12.6. The van der Waals surface area contributed by atoms with E-state index in [4.69, 9.17) is 0 Å². The van der Waals surface area contributed by atoms with Crippen molar-refractivity contribution < 1.29 is 4.39 Å². The van der Waals surface area contributed by atoms with E-state index in [-0.39, 0.29) is 11.9 Å². The van der Waals surface area contributed by atoms with Gasteiger partial charge in [0.2, 0.25) is 0 Å². The molecule has 0 amide bonds. The number of halogens is 1. The molecule has 2 heterocycles. The molecule has 0 aliphatic rings. The Hall–Kier alpha value is -1.75. The average Bonchev–Trinajstić information content (AvgIpc) is 2.81. The second-order valence-corrected chi connectivity index (χ2v) is 4.87. The van der Waals surface area contributed by atoms with Crippen LogP contribution in [0.2, 0.25) is 0 Å². The van der Waals surface area contributed by atoms with Crippen LogP contribution in [0.3, 0.4) is 0 Å². The van der Waals surface area contributed by atoms with E-state index in [0.717, 1.165) is 30.8 Å². The molecule has 0 bridgehead atoms. The summed E-state index contributed by atoms with van der Waals surface area (Å²) in [5.41, 5.74) is 3.19. The van der Waals surface area contributed by atoms with Crippen molar-refractivity contribution in [2.45, 2.75) is 39.3 Å².